The highest BCUT2D eigenvalue weighted by Crippen LogP contribution is 2.08. The van der Waals surface area contributed by atoms with Gasteiger partial charge in [-0.25, -0.2) is 5.43 Å². The maximum absolute atomic E-state index is 11.5. The summed E-state index contributed by atoms with van der Waals surface area (Å²) >= 11 is 5.68. The van der Waals surface area contributed by atoms with Crippen molar-refractivity contribution in [3.63, 3.8) is 0 Å². The zero-order valence-electron chi connectivity index (χ0n) is 8.85. The molecule has 4 nitrogen and oxygen atoms in total. The maximum Gasteiger partial charge on any atom is 0.287 e. The third-order valence-electron chi connectivity index (χ3n) is 2.07. The zero-order valence-corrected chi connectivity index (χ0v) is 9.61. The fourth-order valence-electron chi connectivity index (χ4n) is 1.26. The summed E-state index contributed by atoms with van der Waals surface area (Å²) in [6.45, 7) is 0. The van der Waals surface area contributed by atoms with Gasteiger partial charge in [0.1, 0.15) is 5.69 Å². The minimum absolute atomic E-state index is 0.330. The molecule has 0 atom stereocenters. The molecule has 0 unspecified atom stereocenters. The number of nitrogens with zero attached hydrogens (tertiary/aromatic N) is 1. The lowest BCUT2D eigenvalue weighted by atomic mass is 10.2. The predicted octanol–water partition coefficient (Wildman–Crippen LogP) is 2.43. The number of aromatic amines is 1. The Hall–Kier alpha value is -2.07. The molecule has 0 fully saturated rings. The van der Waals surface area contributed by atoms with Crippen LogP contribution in [0.15, 0.2) is 47.7 Å². The molecule has 0 spiro atoms. The van der Waals surface area contributed by atoms with E-state index in [4.69, 9.17) is 11.6 Å². The summed E-state index contributed by atoms with van der Waals surface area (Å²) in [6.07, 6.45) is 3.11. The van der Waals surface area contributed by atoms with Crippen molar-refractivity contribution in [1.29, 1.82) is 0 Å². The van der Waals surface area contributed by atoms with Crippen LogP contribution in [0.1, 0.15) is 16.1 Å². The number of H-pyrrole nitrogens is 1. The number of amides is 1. The molecule has 1 amide bonds. The van der Waals surface area contributed by atoms with Crippen LogP contribution in [0.5, 0.6) is 0 Å². The first-order valence-corrected chi connectivity index (χ1v) is 5.36. The molecular formula is C12H10ClN3O. The first-order chi connectivity index (χ1) is 8.25. The van der Waals surface area contributed by atoms with Crippen molar-refractivity contribution in [1.82, 2.24) is 10.4 Å². The summed E-state index contributed by atoms with van der Waals surface area (Å²) in [7, 11) is 0. The molecular weight excluding hydrogens is 238 g/mol. The van der Waals surface area contributed by atoms with Gasteiger partial charge < -0.3 is 4.98 Å². The lowest BCUT2D eigenvalue weighted by Gasteiger charge is -1.95. The molecule has 0 aliphatic rings. The first-order valence-electron chi connectivity index (χ1n) is 4.98. The summed E-state index contributed by atoms with van der Waals surface area (Å²) < 4.78 is 0. The largest absolute Gasteiger partial charge is 0.356 e. The molecule has 1 aromatic carbocycles. The van der Waals surface area contributed by atoms with Crippen LogP contribution in [0.4, 0.5) is 0 Å². The summed E-state index contributed by atoms with van der Waals surface area (Å²) in [5, 5.41) is 4.33. The number of hydrazone groups is 1. The summed E-state index contributed by atoms with van der Waals surface area (Å²) in [5.41, 5.74) is 3.69. The van der Waals surface area contributed by atoms with E-state index in [9.17, 15) is 4.79 Å². The number of carbonyl (C=O) groups excluding carboxylic acids is 1. The Bertz CT molecular complexity index is 534. The highest BCUT2D eigenvalue weighted by molar-refractivity contribution is 6.30. The highest BCUT2D eigenvalue weighted by Gasteiger charge is 2.05. The monoisotopic (exact) mass is 247 g/mol. The number of rotatable bonds is 3. The van der Waals surface area contributed by atoms with Crippen molar-refractivity contribution in [3.05, 3.63) is 58.9 Å². The lowest BCUT2D eigenvalue weighted by molar-refractivity contribution is 0.0951. The molecule has 2 N–H and O–H groups in total. The van der Waals surface area contributed by atoms with Crippen molar-refractivity contribution in [3.8, 4) is 0 Å². The van der Waals surface area contributed by atoms with Crippen molar-refractivity contribution in [2.75, 3.05) is 0 Å². The molecule has 1 aromatic heterocycles. The molecule has 5 heteroatoms. The van der Waals surface area contributed by atoms with Crippen LogP contribution in [-0.4, -0.2) is 17.1 Å². The van der Waals surface area contributed by atoms with E-state index in [2.05, 4.69) is 15.5 Å². The van der Waals surface area contributed by atoms with Crippen LogP contribution in [-0.2, 0) is 0 Å². The van der Waals surface area contributed by atoms with E-state index < -0.39 is 0 Å². The molecule has 1 heterocycles. The Morgan fingerprint density at radius 2 is 2.12 bits per heavy atom. The van der Waals surface area contributed by atoms with Crippen LogP contribution in [0.3, 0.4) is 0 Å². The quantitative estimate of drug-likeness (QED) is 0.635. The van der Waals surface area contributed by atoms with E-state index in [-0.39, 0.29) is 5.91 Å². The highest BCUT2D eigenvalue weighted by atomic mass is 35.5. The Morgan fingerprint density at radius 1 is 1.35 bits per heavy atom. The summed E-state index contributed by atoms with van der Waals surface area (Å²) in [4.78, 5) is 14.3. The molecule has 0 saturated heterocycles. The molecule has 0 bridgehead atoms. The standard InChI is InChI=1S/C12H10ClN3O/c13-10-6-11(14-8-10)12(17)16-15-7-9-4-2-1-3-5-9/h1-8,14H,(H,16,17)/b15-7-. The van der Waals surface area contributed by atoms with Gasteiger partial charge in [-0.15, -0.1) is 0 Å². The van der Waals surface area contributed by atoms with Crippen LogP contribution < -0.4 is 5.43 Å². The number of benzene rings is 1. The van der Waals surface area contributed by atoms with Crippen molar-refractivity contribution < 1.29 is 4.79 Å². The summed E-state index contributed by atoms with van der Waals surface area (Å²) in [5.74, 6) is -0.330. The molecule has 0 aliphatic heterocycles. The molecule has 0 radical (unpaired) electrons. The van der Waals surface area contributed by atoms with E-state index in [1.54, 1.807) is 6.21 Å². The van der Waals surface area contributed by atoms with E-state index in [0.717, 1.165) is 5.56 Å². The van der Waals surface area contributed by atoms with E-state index in [1.165, 1.54) is 12.3 Å². The molecule has 17 heavy (non-hydrogen) atoms. The normalized spacial score (nSPS) is 10.6. The first kappa shape index (κ1) is 11.4. The topological polar surface area (TPSA) is 57.2 Å². The number of carbonyl (C=O) groups is 1. The Morgan fingerprint density at radius 3 is 2.76 bits per heavy atom. The number of hydrogen-bond acceptors (Lipinski definition) is 2. The molecule has 0 saturated carbocycles. The lowest BCUT2D eigenvalue weighted by Crippen LogP contribution is -2.17. The van der Waals surface area contributed by atoms with E-state index >= 15 is 0 Å². The molecule has 2 aromatic rings. The van der Waals surface area contributed by atoms with Gasteiger partial charge >= 0.3 is 0 Å². The number of nitrogens with one attached hydrogen (secondary N) is 2. The van der Waals surface area contributed by atoms with Gasteiger partial charge in [0.05, 0.1) is 11.2 Å². The van der Waals surface area contributed by atoms with E-state index in [1.807, 2.05) is 30.3 Å². The van der Waals surface area contributed by atoms with Crippen molar-refractivity contribution >= 4 is 23.7 Å². The second-order valence-corrected chi connectivity index (χ2v) is 3.78. The third kappa shape index (κ3) is 3.19. The second-order valence-electron chi connectivity index (χ2n) is 3.34. The maximum atomic E-state index is 11.5. The van der Waals surface area contributed by atoms with Gasteiger partial charge in [-0.1, -0.05) is 41.9 Å². The minimum Gasteiger partial charge on any atom is -0.356 e. The SMILES string of the molecule is O=C(N/N=C\c1ccccc1)c1cc(Cl)c[nH]1. The van der Waals surface area contributed by atoms with Crippen molar-refractivity contribution in [2.45, 2.75) is 0 Å². The fraction of sp³-hybridized carbons (Fsp3) is 0. The van der Waals surface area contributed by atoms with Gasteiger partial charge in [-0.05, 0) is 11.6 Å². The van der Waals surface area contributed by atoms with Crippen LogP contribution in [0.2, 0.25) is 5.02 Å². The van der Waals surface area contributed by atoms with Crippen LogP contribution in [0, 0.1) is 0 Å². The van der Waals surface area contributed by atoms with Gasteiger partial charge in [0.25, 0.3) is 5.91 Å². The van der Waals surface area contributed by atoms with Gasteiger partial charge in [-0.2, -0.15) is 5.10 Å². The second kappa shape index (κ2) is 5.32. The average Bonchev–Trinajstić information content (AvgIpc) is 2.77. The number of halogens is 1. The zero-order chi connectivity index (χ0) is 12.1. The molecule has 2 rings (SSSR count). The van der Waals surface area contributed by atoms with Gasteiger partial charge in [0.2, 0.25) is 0 Å². The van der Waals surface area contributed by atoms with E-state index in [0.29, 0.717) is 10.7 Å². The Labute approximate surface area is 103 Å². The predicted molar refractivity (Wildman–Crippen MR) is 67.3 cm³/mol. The van der Waals surface area contributed by atoms with Crippen LogP contribution >= 0.6 is 11.6 Å². The summed E-state index contributed by atoms with van der Waals surface area (Å²) in [6, 6.07) is 11.0. The fourth-order valence-corrected chi connectivity index (χ4v) is 1.43. The van der Waals surface area contributed by atoms with Gasteiger partial charge in [0, 0.05) is 6.20 Å². The molecule has 0 aliphatic carbocycles. The number of hydrogen-bond donors (Lipinski definition) is 2. The van der Waals surface area contributed by atoms with Crippen LogP contribution in [0.25, 0.3) is 0 Å². The van der Waals surface area contributed by atoms with Crippen molar-refractivity contribution in [2.24, 2.45) is 5.10 Å². The minimum atomic E-state index is -0.330. The Balaban J connectivity index is 1.95. The van der Waals surface area contributed by atoms with Gasteiger partial charge in [0.15, 0.2) is 0 Å². The molecule has 86 valence electrons. The third-order valence-corrected chi connectivity index (χ3v) is 2.29. The average molecular weight is 248 g/mol. The number of aromatic nitrogens is 1. The smallest absolute Gasteiger partial charge is 0.287 e. The Kier molecular flexibility index (Phi) is 3.57. The van der Waals surface area contributed by atoms with Gasteiger partial charge in [-0.3, -0.25) is 4.79 Å².